The van der Waals surface area contributed by atoms with Crippen LogP contribution in [-0.4, -0.2) is 23.1 Å². The van der Waals surface area contributed by atoms with Crippen molar-refractivity contribution in [3.63, 3.8) is 0 Å². The number of anilines is 1. The third kappa shape index (κ3) is 3.29. The Balaban J connectivity index is 3.30. The maximum atomic E-state index is 10.8. The average molecular weight is 281 g/mol. The van der Waals surface area contributed by atoms with Crippen LogP contribution in [0.1, 0.15) is 0 Å². The normalized spacial score (nSPS) is 11.3. The molecule has 0 aromatic carbocycles. The minimum atomic E-state index is -1.78. The molecule has 0 bridgehead atoms. The van der Waals surface area contributed by atoms with E-state index >= 15 is 0 Å². The third-order valence-electron chi connectivity index (χ3n) is 1.49. The molecule has 1 N–H and O–H groups in total. The van der Waals surface area contributed by atoms with Crippen LogP contribution < -0.4 is 4.98 Å². The summed E-state index contributed by atoms with van der Waals surface area (Å²) >= 11 is 11.3. The molecule has 0 aliphatic heterocycles. The quantitative estimate of drug-likeness (QED) is 0.303. The fraction of sp³-hybridized carbons (Fsp3) is 0.429. The summed E-state index contributed by atoms with van der Waals surface area (Å²) < 4.78 is 0. The summed E-state index contributed by atoms with van der Waals surface area (Å²) in [6.45, 7) is 5.92. The number of nitrogens with zero attached hydrogens (tertiary/aromatic N) is 3. The predicted octanol–water partition coefficient (Wildman–Crippen LogP) is 2.94. The Labute approximate surface area is 103 Å². The zero-order valence-electron chi connectivity index (χ0n) is 8.91. The molecule has 0 saturated heterocycles. The van der Waals surface area contributed by atoms with Gasteiger partial charge in [0, 0.05) is 0 Å². The van der Waals surface area contributed by atoms with Gasteiger partial charge in [-0.3, -0.25) is 10.1 Å². The molecule has 0 aliphatic rings. The van der Waals surface area contributed by atoms with Crippen LogP contribution in [0.4, 0.5) is 11.5 Å². The Kier molecular flexibility index (Phi) is 3.71. The van der Waals surface area contributed by atoms with Gasteiger partial charge in [-0.1, -0.05) is 31.2 Å². The monoisotopic (exact) mass is 280 g/mol. The van der Waals surface area contributed by atoms with Gasteiger partial charge in [-0.2, -0.15) is 9.97 Å². The zero-order chi connectivity index (χ0) is 12.5. The highest BCUT2D eigenvalue weighted by atomic mass is 35.5. The maximum absolute atomic E-state index is 10.8. The number of hydrogen-bond acceptors (Lipinski definition) is 5. The Hall–Kier alpha value is -0.923. The standard InChI is InChI=1S/C7H10Cl2N4O2Si/c1-16(2,3)12-6-4(13(14)15)5(8)10-7(9)11-6/h1-3H3,(H,10,11,12). The van der Waals surface area contributed by atoms with Crippen molar-refractivity contribution in [3.8, 4) is 0 Å². The lowest BCUT2D eigenvalue weighted by atomic mass is 10.5. The zero-order valence-corrected chi connectivity index (χ0v) is 11.4. The van der Waals surface area contributed by atoms with Gasteiger partial charge in [-0.25, -0.2) is 0 Å². The Morgan fingerprint density at radius 3 is 2.31 bits per heavy atom. The number of rotatable bonds is 3. The van der Waals surface area contributed by atoms with Gasteiger partial charge in [0.25, 0.3) is 0 Å². The highest BCUT2D eigenvalue weighted by molar-refractivity contribution is 6.79. The summed E-state index contributed by atoms with van der Waals surface area (Å²) in [5.74, 6) is 0.0779. The Morgan fingerprint density at radius 2 is 1.88 bits per heavy atom. The van der Waals surface area contributed by atoms with Gasteiger partial charge in [0.1, 0.15) is 8.24 Å². The van der Waals surface area contributed by atoms with E-state index < -0.39 is 13.2 Å². The van der Waals surface area contributed by atoms with Gasteiger partial charge < -0.3 is 4.98 Å². The van der Waals surface area contributed by atoms with Crippen LogP contribution in [-0.2, 0) is 0 Å². The van der Waals surface area contributed by atoms with Crippen LogP contribution in [0.5, 0.6) is 0 Å². The molecular formula is C7H10Cl2N4O2Si. The molecule has 0 spiro atoms. The van der Waals surface area contributed by atoms with Crippen LogP contribution in [0.15, 0.2) is 0 Å². The summed E-state index contributed by atoms with van der Waals surface area (Å²) in [7, 11) is -1.78. The molecule has 0 aliphatic carbocycles. The van der Waals surface area contributed by atoms with Crippen molar-refractivity contribution in [1.82, 2.24) is 9.97 Å². The van der Waals surface area contributed by atoms with E-state index in [1.54, 1.807) is 0 Å². The molecule has 0 amide bonds. The molecule has 1 aromatic rings. The fourth-order valence-electron chi connectivity index (χ4n) is 1.01. The first kappa shape index (κ1) is 13.1. The van der Waals surface area contributed by atoms with Gasteiger partial charge in [0.2, 0.25) is 16.3 Å². The fourth-order valence-corrected chi connectivity index (χ4v) is 2.34. The van der Waals surface area contributed by atoms with Crippen molar-refractivity contribution in [2.75, 3.05) is 4.98 Å². The SMILES string of the molecule is C[Si](C)(C)Nc1nc(Cl)nc(Cl)c1[N+](=O)[O-]. The van der Waals surface area contributed by atoms with Crippen molar-refractivity contribution >= 4 is 42.9 Å². The van der Waals surface area contributed by atoms with Gasteiger partial charge in [-0.15, -0.1) is 0 Å². The summed E-state index contributed by atoms with van der Waals surface area (Å²) in [6, 6.07) is 0. The Morgan fingerprint density at radius 1 is 1.31 bits per heavy atom. The number of nitrogens with one attached hydrogen (secondary N) is 1. The van der Waals surface area contributed by atoms with Crippen molar-refractivity contribution < 1.29 is 4.92 Å². The van der Waals surface area contributed by atoms with Crippen molar-refractivity contribution in [2.24, 2.45) is 0 Å². The van der Waals surface area contributed by atoms with Crippen LogP contribution >= 0.6 is 23.2 Å². The van der Waals surface area contributed by atoms with E-state index in [1.165, 1.54) is 0 Å². The topological polar surface area (TPSA) is 81.0 Å². The molecule has 0 fully saturated rings. The maximum Gasteiger partial charge on any atom is 0.347 e. The number of nitro groups is 1. The first-order valence-corrected chi connectivity index (χ1v) is 8.62. The van der Waals surface area contributed by atoms with Crippen molar-refractivity contribution in [1.29, 1.82) is 0 Å². The molecule has 0 radical (unpaired) electrons. The summed E-state index contributed by atoms with van der Waals surface area (Å²) in [5, 5.41) is 10.4. The first-order chi connectivity index (χ1) is 7.20. The second kappa shape index (κ2) is 4.52. The van der Waals surface area contributed by atoms with Gasteiger partial charge >= 0.3 is 5.69 Å². The molecular weight excluding hydrogens is 271 g/mol. The lowest BCUT2D eigenvalue weighted by Crippen LogP contribution is -2.33. The van der Waals surface area contributed by atoms with Gasteiger partial charge in [0.05, 0.1) is 4.92 Å². The van der Waals surface area contributed by atoms with E-state index in [2.05, 4.69) is 15.0 Å². The van der Waals surface area contributed by atoms with Crippen LogP contribution in [0.2, 0.25) is 30.1 Å². The van der Waals surface area contributed by atoms with Gasteiger partial charge in [0.15, 0.2) is 0 Å². The van der Waals surface area contributed by atoms with E-state index in [-0.39, 0.29) is 21.9 Å². The van der Waals surface area contributed by atoms with E-state index in [9.17, 15) is 10.1 Å². The van der Waals surface area contributed by atoms with E-state index in [0.717, 1.165) is 0 Å². The molecule has 0 unspecified atom stereocenters. The molecule has 1 heterocycles. The molecule has 16 heavy (non-hydrogen) atoms. The van der Waals surface area contributed by atoms with Crippen LogP contribution in [0.25, 0.3) is 0 Å². The number of halogens is 2. The summed E-state index contributed by atoms with van der Waals surface area (Å²) in [6.07, 6.45) is 0. The smallest absolute Gasteiger partial charge is 0.347 e. The first-order valence-electron chi connectivity index (χ1n) is 4.36. The number of aromatic nitrogens is 2. The van der Waals surface area contributed by atoms with E-state index in [1.807, 2.05) is 19.6 Å². The molecule has 88 valence electrons. The Bertz CT molecular complexity index is 435. The minimum Gasteiger partial charge on any atom is -0.390 e. The molecule has 0 saturated carbocycles. The second-order valence-corrected chi connectivity index (χ2v) is 9.56. The average Bonchev–Trinajstić information content (AvgIpc) is 1.96. The molecule has 6 nitrogen and oxygen atoms in total. The van der Waals surface area contributed by atoms with Crippen molar-refractivity contribution in [3.05, 3.63) is 20.6 Å². The van der Waals surface area contributed by atoms with Crippen LogP contribution in [0.3, 0.4) is 0 Å². The lowest BCUT2D eigenvalue weighted by Gasteiger charge is -2.18. The van der Waals surface area contributed by atoms with Crippen molar-refractivity contribution in [2.45, 2.75) is 19.6 Å². The van der Waals surface area contributed by atoms with Crippen LogP contribution in [0, 0.1) is 10.1 Å². The molecule has 1 rings (SSSR count). The minimum absolute atomic E-state index is 0.0779. The number of hydrogen-bond donors (Lipinski definition) is 1. The largest absolute Gasteiger partial charge is 0.390 e. The molecule has 9 heteroatoms. The summed E-state index contributed by atoms with van der Waals surface area (Å²) in [5.41, 5.74) is -0.339. The molecule has 1 aromatic heterocycles. The predicted molar refractivity (Wildman–Crippen MR) is 65.7 cm³/mol. The molecule has 0 atom stereocenters. The summed E-state index contributed by atoms with van der Waals surface area (Å²) in [4.78, 5) is 20.5. The highest BCUT2D eigenvalue weighted by Gasteiger charge is 2.26. The van der Waals surface area contributed by atoms with Gasteiger partial charge in [-0.05, 0) is 11.6 Å². The lowest BCUT2D eigenvalue weighted by molar-refractivity contribution is -0.384. The highest BCUT2D eigenvalue weighted by Crippen LogP contribution is 2.31. The third-order valence-corrected chi connectivity index (χ3v) is 2.91. The van der Waals surface area contributed by atoms with E-state index in [0.29, 0.717) is 0 Å². The van der Waals surface area contributed by atoms with E-state index in [4.69, 9.17) is 23.2 Å². The second-order valence-electron chi connectivity index (χ2n) is 4.11.